The molecule has 1 aromatic heterocycles. The highest BCUT2D eigenvalue weighted by molar-refractivity contribution is 5.97. The van der Waals surface area contributed by atoms with Crippen LogP contribution in [0.15, 0.2) is 48.7 Å². The summed E-state index contributed by atoms with van der Waals surface area (Å²) in [6.45, 7) is 3.08. The number of benzene rings is 2. The zero-order valence-corrected chi connectivity index (χ0v) is 17.1. The first-order valence-electron chi connectivity index (χ1n) is 10.0. The minimum absolute atomic E-state index is 0.0168. The molecule has 8 nitrogen and oxygen atoms in total. The number of hydrogen-bond acceptors (Lipinski definition) is 7. The van der Waals surface area contributed by atoms with Crippen molar-refractivity contribution >= 4 is 29.0 Å². The van der Waals surface area contributed by atoms with Crippen molar-refractivity contribution in [3.63, 3.8) is 0 Å². The lowest BCUT2D eigenvalue weighted by atomic mass is 10.2. The van der Waals surface area contributed by atoms with Gasteiger partial charge in [0.1, 0.15) is 17.5 Å². The third-order valence-corrected chi connectivity index (χ3v) is 5.02. The molecule has 2 heterocycles. The van der Waals surface area contributed by atoms with Crippen molar-refractivity contribution in [1.82, 2.24) is 9.97 Å². The average molecular weight is 440 g/mol. The Balaban J connectivity index is 1.49. The molecule has 1 aliphatic rings. The van der Waals surface area contributed by atoms with E-state index in [0.717, 1.165) is 36.6 Å². The Labute approximate surface area is 183 Å². The van der Waals surface area contributed by atoms with Gasteiger partial charge in [0.25, 0.3) is 5.91 Å². The molecule has 1 aliphatic heterocycles. The Morgan fingerprint density at radius 1 is 1.12 bits per heavy atom. The van der Waals surface area contributed by atoms with Crippen LogP contribution in [0.2, 0.25) is 0 Å². The van der Waals surface area contributed by atoms with E-state index in [0.29, 0.717) is 13.2 Å². The van der Waals surface area contributed by atoms with Crippen molar-refractivity contribution in [3.8, 4) is 0 Å². The van der Waals surface area contributed by atoms with Crippen molar-refractivity contribution in [1.29, 1.82) is 0 Å². The largest absolute Gasteiger partial charge is 0.378 e. The summed E-state index contributed by atoms with van der Waals surface area (Å²) in [5.74, 6) is -1.73. The molecular formula is C22H22F2N6O2. The lowest BCUT2D eigenvalue weighted by Crippen LogP contribution is -2.36. The van der Waals surface area contributed by atoms with Crippen molar-refractivity contribution < 1.29 is 18.3 Å². The molecule has 1 amide bonds. The van der Waals surface area contributed by atoms with E-state index in [4.69, 9.17) is 10.5 Å². The molecule has 10 heteroatoms. The molecule has 166 valence electrons. The summed E-state index contributed by atoms with van der Waals surface area (Å²) >= 11 is 0. The van der Waals surface area contributed by atoms with Crippen LogP contribution in [-0.4, -0.2) is 42.2 Å². The summed E-state index contributed by atoms with van der Waals surface area (Å²) in [6.07, 6.45) is 1.29. The molecule has 1 saturated heterocycles. The molecule has 4 rings (SSSR count). The van der Waals surface area contributed by atoms with Crippen LogP contribution in [0.1, 0.15) is 15.9 Å². The third-order valence-electron chi connectivity index (χ3n) is 5.02. The maximum absolute atomic E-state index is 13.9. The molecule has 0 saturated carbocycles. The van der Waals surface area contributed by atoms with Gasteiger partial charge in [0, 0.05) is 48.8 Å². The van der Waals surface area contributed by atoms with Crippen LogP contribution >= 0.6 is 0 Å². The van der Waals surface area contributed by atoms with E-state index in [1.54, 1.807) is 0 Å². The Kier molecular flexibility index (Phi) is 6.41. The second-order valence-corrected chi connectivity index (χ2v) is 7.18. The quantitative estimate of drug-likeness (QED) is 0.519. The number of hydrogen-bond donors (Lipinski definition) is 3. The van der Waals surface area contributed by atoms with Gasteiger partial charge in [-0.05, 0) is 30.3 Å². The lowest BCUT2D eigenvalue weighted by molar-refractivity contribution is 0.100. The number of carbonyl (C=O) groups excluding carboxylic acids is 1. The second-order valence-electron chi connectivity index (χ2n) is 7.18. The first kappa shape index (κ1) is 21.4. The third kappa shape index (κ3) is 5.09. The molecule has 0 spiro atoms. The molecule has 1 fully saturated rings. The van der Waals surface area contributed by atoms with Crippen LogP contribution in [0, 0.1) is 11.6 Å². The number of ether oxygens (including phenoxy) is 1. The number of morpholine rings is 1. The lowest BCUT2D eigenvalue weighted by Gasteiger charge is -2.28. The fourth-order valence-corrected chi connectivity index (χ4v) is 3.31. The highest BCUT2D eigenvalue weighted by atomic mass is 19.1. The highest BCUT2D eigenvalue weighted by Crippen LogP contribution is 2.22. The summed E-state index contributed by atoms with van der Waals surface area (Å²) in [5, 5.41) is 5.95. The Morgan fingerprint density at radius 3 is 2.56 bits per heavy atom. The van der Waals surface area contributed by atoms with Crippen LogP contribution in [0.25, 0.3) is 0 Å². The molecule has 4 N–H and O–H groups in total. The standard InChI is InChI=1S/C22H22F2N6O2/c23-15-2-1-14(19(24)11-15)12-26-21-18(20(25)31)13-27-22(29-21)28-16-3-5-17(6-4-16)30-7-9-32-10-8-30/h1-6,11,13H,7-10,12H2,(H2,25,31)(H2,26,27,28,29). The van der Waals surface area contributed by atoms with Crippen molar-refractivity contribution in [2.75, 3.05) is 41.8 Å². The van der Waals surface area contributed by atoms with Crippen molar-refractivity contribution in [2.45, 2.75) is 6.54 Å². The first-order chi connectivity index (χ1) is 15.5. The van der Waals surface area contributed by atoms with Gasteiger partial charge in [-0.15, -0.1) is 0 Å². The van der Waals surface area contributed by atoms with Crippen LogP contribution in [0.4, 0.5) is 31.9 Å². The smallest absolute Gasteiger partial charge is 0.254 e. The molecule has 0 atom stereocenters. The van der Waals surface area contributed by atoms with Gasteiger partial charge in [-0.2, -0.15) is 4.98 Å². The fraction of sp³-hybridized carbons (Fsp3) is 0.227. The van der Waals surface area contributed by atoms with Crippen molar-refractivity contribution in [2.24, 2.45) is 5.73 Å². The van der Waals surface area contributed by atoms with Crippen LogP contribution in [-0.2, 0) is 11.3 Å². The maximum Gasteiger partial charge on any atom is 0.254 e. The number of halogens is 2. The van der Waals surface area contributed by atoms with Gasteiger partial charge in [0.15, 0.2) is 0 Å². The maximum atomic E-state index is 13.9. The predicted molar refractivity (Wildman–Crippen MR) is 117 cm³/mol. The zero-order chi connectivity index (χ0) is 22.5. The Bertz CT molecular complexity index is 1100. The molecule has 0 bridgehead atoms. The number of rotatable bonds is 7. The van der Waals surface area contributed by atoms with Gasteiger partial charge in [0.05, 0.1) is 18.8 Å². The van der Waals surface area contributed by atoms with E-state index < -0.39 is 17.5 Å². The topological polar surface area (TPSA) is 105 Å². The molecule has 32 heavy (non-hydrogen) atoms. The number of nitrogens with zero attached hydrogens (tertiary/aromatic N) is 3. The number of anilines is 4. The normalized spacial score (nSPS) is 13.6. The van der Waals surface area contributed by atoms with Crippen LogP contribution < -0.4 is 21.3 Å². The summed E-state index contributed by atoms with van der Waals surface area (Å²) in [6, 6.07) is 11.0. The van der Waals surface area contributed by atoms with Gasteiger partial charge in [-0.25, -0.2) is 13.8 Å². The number of aromatic nitrogens is 2. The Hall–Kier alpha value is -3.79. The van der Waals surface area contributed by atoms with Gasteiger partial charge < -0.3 is 26.0 Å². The molecule has 0 unspecified atom stereocenters. The van der Waals surface area contributed by atoms with Crippen LogP contribution in [0.3, 0.4) is 0 Å². The predicted octanol–water partition coefficient (Wildman–Crippen LogP) is 3.05. The van der Waals surface area contributed by atoms with Crippen molar-refractivity contribution in [3.05, 3.63) is 71.4 Å². The number of primary amides is 1. The fourth-order valence-electron chi connectivity index (χ4n) is 3.31. The SMILES string of the molecule is NC(=O)c1cnc(Nc2ccc(N3CCOCC3)cc2)nc1NCc1ccc(F)cc1F. The monoisotopic (exact) mass is 440 g/mol. The summed E-state index contributed by atoms with van der Waals surface area (Å²) in [7, 11) is 0. The molecule has 2 aromatic carbocycles. The first-order valence-corrected chi connectivity index (χ1v) is 10.0. The van der Waals surface area contributed by atoms with Crippen LogP contribution in [0.5, 0.6) is 0 Å². The summed E-state index contributed by atoms with van der Waals surface area (Å²) in [5.41, 5.74) is 7.52. The van der Waals surface area contributed by atoms with E-state index in [1.165, 1.54) is 12.3 Å². The van der Waals surface area contributed by atoms with E-state index in [-0.39, 0.29) is 29.4 Å². The van der Waals surface area contributed by atoms with Gasteiger partial charge in [-0.3, -0.25) is 4.79 Å². The van der Waals surface area contributed by atoms with Gasteiger partial charge in [0.2, 0.25) is 5.95 Å². The number of nitrogens with one attached hydrogen (secondary N) is 2. The van der Waals surface area contributed by atoms with E-state index in [1.807, 2.05) is 24.3 Å². The second kappa shape index (κ2) is 9.56. The zero-order valence-electron chi connectivity index (χ0n) is 17.1. The minimum Gasteiger partial charge on any atom is -0.378 e. The van der Waals surface area contributed by atoms with Gasteiger partial charge >= 0.3 is 0 Å². The Morgan fingerprint density at radius 2 is 1.88 bits per heavy atom. The summed E-state index contributed by atoms with van der Waals surface area (Å²) < 4.78 is 32.4. The molecule has 0 aliphatic carbocycles. The summed E-state index contributed by atoms with van der Waals surface area (Å²) in [4.78, 5) is 22.4. The van der Waals surface area contributed by atoms with E-state index >= 15 is 0 Å². The van der Waals surface area contributed by atoms with Gasteiger partial charge in [-0.1, -0.05) is 6.07 Å². The van der Waals surface area contributed by atoms with E-state index in [2.05, 4.69) is 25.5 Å². The average Bonchev–Trinajstić information content (AvgIpc) is 2.79. The molecular weight excluding hydrogens is 418 g/mol. The molecule has 0 radical (unpaired) electrons. The number of amides is 1. The minimum atomic E-state index is -0.728. The highest BCUT2D eigenvalue weighted by Gasteiger charge is 2.14. The number of nitrogens with two attached hydrogens (primary N) is 1. The van der Waals surface area contributed by atoms with E-state index in [9.17, 15) is 13.6 Å². The number of carbonyl (C=O) groups is 1. The molecule has 3 aromatic rings.